The van der Waals surface area contributed by atoms with E-state index in [4.69, 9.17) is 5.73 Å². The molecular weight excluding hydrogens is 953 g/mol. The van der Waals surface area contributed by atoms with Crippen molar-refractivity contribution >= 4 is 99.2 Å². The third-order valence-corrected chi connectivity index (χ3v) is 13.6. The molecule has 346 valence electrons. The lowest BCUT2D eigenvalue weighted by Gasteiger charge is -2.16. The van der Waals surface area contributed by atoms with E-state index in [9.17, 15) is 9.59 Å². The number of likely N-dealkylation sites (tertiary alicyclic amines) is 2. The van der Waals surface area contributed by atoms with Crippen LogP contribution < -0.4 is 27.0 Å². The van der Waals surface area contributed by atoms with E-state index in [1.165, 1.54) is 11.3 Å². The molecule has 0 saturated carbocycles. The number of nitrogen functional groups attached to an aromatic ring is 1. The molecule has 5 aromatic heterocycles. The van der Waals surface area contributed by atoms with E-state index in [0.717, 1.165) is 109 Å². The van der Waals surface area contributed by atoms with Gasteiger partial charge in [0.05, 0.1) is 67.2 Å². The number of likely N-dealkylation sites (N-methyl/N-ethyl adjacent to an activating group) is 2. The van der Waals surface area contributed by atoms with Crippen LogP contribution in [0.1, 0.15) is 33.6 Å². The Bertz CT molecular complexity index is 3350. The number of nitrogens with two attached hydrogens (primary N) is 1. The third kappa shape index (κ3) is 10.3. The average Bonchev–Trinajstić information content (AvgIpc) is 4.09. The van der Waals surface area contributed by atoms with E-state index in [-0.39, 0.29) is 23.9 Å². The Kier molecular flexibility index (Phi) is 13.1. The Morgan fingerprint density at radius 2 is 1.13 bits per heavy atom. The van der Waals surface area contributed by atoms with Crippen molar-refractivity contribution in [2.24, 2.45) is 0 Å². The highest BCUT2D eigenvalue weighted by molar-refractivity contribution is 9.10. The smallest absolute Gasteiger partial charge is 0.253 e. The highest BCUT2D eigenvalue weighted by Crippen LogP contribution is 2.36. The summed E-state index contributed by atoms with van der Waals surface area (Å²) in [4.78, 5) is 61.7. The van der Waals surface area contributed by atoms with Gasteiger partial charge in [-0.2, -0.15) is 0 Å². The first kappa shape index (κ1) is 45.3. The molecule has 16 nitrogen and oxygen atoms in total. The maximum atomic E-state index is 13.1. The van der Waals surface area contributed by atoms with Crippen molar-refractivity contribution in [2.45, 2.75) is 24.9 Å². The zero-order valence-electron chi connectivity index (χ0n) is 37.7. The lowest BCUT2D eigenvalue weighted by Crippen LogP contribution is -2.36. The number of pyridine rings is 2. The molecule has 0 radical (unpaired) electrons. The van der Waals surface area contributed by atoms with E-state index in [0.29, 0.717) is 27.6 Å². The van der Waals surface area contributed by atoms with Crippen molar-refractivity contribution in [3.05, 3.63) is 144 Å². The van der Waals surface area contributed by atoms with Crippen LogP contribution in [-0.4, -0.2) is 109 Å². The summed E-state index contributed by atoms with van der Waals surface area (Å²) < 4.78 is 2.04. The molecule has 2 aliphatic heterocycles. The second-order valence-electron chi connectivity index (χ2n) is 17.2. The van der Waals surface area contributed by atoms with Crippen LogP contribution in [0, 0.1) is 0 Å². The lowest BCUT2D eigenvalue weighted by atomic mass is 10.0. The highest BCUT2D eigenvalue weighted by Gasteiger charge is 2.25. The number of nitrogens with one attached hydrogen (secondary N) is 4. The first-order valence-corrected chi connectivity index (χ1v) is 24.0. The Morgan fingerprint density at radius 3 is 1.65 bits per heavy atom. The van der Waals surface area contributed by atoms with Gasteiger partial charge >= 0.3 is 0 Å². The molecule has 0 spiro atoms. The molecule has 69 heavy (non-hydrogen) atoms. The highest BCUT2D eigenvalue weighted by atomic mass is 79.9. The normalized spacial score (nSPS) is 16.0. The molecule has 9 aromatic rings. The Labute approximate surface area is 410 Å². The quantitative estimate of drug-likeness (QED) is 0.0870. The van der Waals surface area contributed by atoms with Crippen LogP contribution in [-0.2, 0) is 0 Å². The third-order valence-electron chi connectivity index (χ3n) is 12.2. The van der Waals surface area contributed by atoms with Gasteiger partial charge in [-0.3, -0.25) is 39.5 Å². The van der Waals surface area contributed by atoms with Gasteiger partial charge in [0.2, 0.25) is 0 Å². The van der Waals surface area contributed by atoms with Gasteiger partial charge in [0.15, 0.2) is 5.13 Å². The van der Waals surface area contributed by atoms with E-state index < -0.39 is 0 Å². The number of aromatic nitrogens is 7. The van der Waals surface area contributed by atoms with Crippen molar-refractivity contribution in [2.75, 3.05) is 56.6 Å². The van der Waals surface area contributed by atoms with Crippen molar-refractivity contribution in [1.82, 2.24) is 55.3 Å². The minimum atomic E-state index is -0.118. The topological polar surface area (TPSA) is 205 Å². The van der Waals surface area contributed by atoms with Gasteiger partial charge in [0, 0.05) is 89.3 Å². The van der Waals surface area contributed by atoms with Crippen LogP contribution in [0.2, 0.25) is 0 Å². The van der Waals surface area contributed by atoms with Gasteiger partial charge in [-0.1, -0.05) is 45.5 Å². The summed E-state index contributed by atoms with van der Waals surface area (Å²) in [6, 6.07) is 25.8. The number of rotatable bonds is 10. The van der Waals surface area contributed by atoms with Gasteiger partial charge in [-0.05, 0) is 112 Å². The van der Waals surface area contributed by atoms with Crippen LogP contribution in [0.25, 0.3) is 54.5 Å². The summed E-state index contributed by atoms with van der Waals surface area (Å²) in [5, 5.41) is 13.6. The number of thiazole rings is 1. The van der Waals surface area contributed by atoms with E-state index >= 15 is 0 Å². The number of halogens is 1. The molecule has 2 unspecified atom stereocenters. The van der Waals surface area contributed by atoms with Crippen molar-refractivity contribution in [3.63, 3.8) is 0 Å². The fourth-order valence-electron chi connectivity index (χ4n) is 8.80. The van der Waals surface area contributed by atoms with Gasteiger partial charge < -0.3 is 36.8 Å². The SMILES string of the molecule is CN1CCC(NC(=O)c2ccncc2Nc2cc(-c3ccc(Br)cc3)c3nccnc3c2)C1.CN1CCC(NC(=O)c2ccncc2Nc2cc(-c3ccc4sc(N)nc4c3)c3nccnc3c2)C1. The van der Waals surface area contributed by atoms with Crippen LogP contribution in [0.3, 0.4) is 0 Å². The average molecular weight is 1000 g/mol. The molecule has 0 bridgehead atoms. The van der Waals surface area contributed by atoms with Crippen molar-refractivity contribution in [1.29, 1.82) is 0 Å². The number of fused-ring (bicyclic) bond motifs is 3. The van der Waals surface area contributed by atoms with Crippen molar-refractivity contribution < 1.29 is 9.59 Å². The maximum absolute atomic E-state index is 13.1. The zero-order valence-corrected chi connectivity index (χ0v) is 40.1. The number of nitrogens with zero attached hydrogens (tertiary/aromatic N) is 9. The first-order valence-electron chi connectivity index (χ1n) is 22.4. The van der Waals surface area contributed by atoms with E-state index in [2.05, 4.69) is 96.0 Å². The van der Waals surface area contributed by atoms with Crippen LogP contribution in [0.4, 0.5) is 27.9 Å². The summed E-state index contributed by atoms with van der Waals surface area (Å²) in [7, 11) is 4.13. The van der Waals surface area contributed by atoms with Crippen LogP contribution in [0.15, 0.2) is 133 Å². The zero-order chi connectivity index (χ0) is 47.4. The Hall–Kier alpha value is -7.51. The summed E-state index contributed by atoms with van der Waals surface area (Å²) >= 11 is 4.95. The Balaban J connectivity index is 0.000000161. The minimum absolute atomic E-state index is 0.103. The molecule has 11 rings (SSSR count). The molecule has 2 aliphatic rings. The molecule has 2 fully saturated rings. The largest absolute Gasteiger partial charge is 0.375 e. The first-order chi connectivity index (χ1) is 33.6. The fraction of sp³-hybridized carbons (Fsp3) is 0.196. The molecule has 2 atom stereocenters. The van der Waals surface area contributed by atoms with Crippen molar-refractivity contribution in [3.8, 4) is 22.3 Å². The molecule has 2 amide bonds. The second-order valence-corrected chi connectivity index (χ2v) is 19.2. The number of benzene rings is 4. The number of carbonyl (C=O) groups is 2. The predicted octanol–water partition coefficient (Wildman–Crippen LogP) is 8.69. The summed E-state index contributed by atoms with van der Waals surface area (Å²) in [5.74, 6) is -0.221. The van der Waals surface area contributed by atoms with E-state index in [1.54, 1.807) is 61.7 Å². The lowest BCUT2D eigenvalue weighted by molar-refractivity contribution is 0.0930. The molecule has 0 aliphatic carbocycles. The number of hydrogen-bond donors (Lipinski definition) is 5. The second kappa shape index (κ2) is 20.0. The van der Waals surface area contributed by atoms with Crippen LogP contribution >= 0.6 is 27.3 Å². The summed E-state index contributed by atoms with van der Waals surface area (Å²) in [5.41, 5.74) is 17.7. The van der Waals surface area contributed by atoms with E-state index in [1.807, 2.05) is 66.7 Å². The summed E-state index contributed by atoms with van der Waals surface area (Å²) in [6.07, 6.45) is 15.2. The standard InChI is InChI=1S/C26H24N8OS.C25H23BrN6O/c1-34-9-5-16(14-34)32-25(35)18-4-6-28-13-22(18)31-17-11-19(24-21(12-17)29-7-8-30-24)15-2-3-23-20(10-15)33-26(27)36-23;1-32-11-7-18(15-32)31-25(33)20-6-8-27-14-23(20)30-19-12-21(16-2-4-17(26)5-3-16)24-22(13-19)28-9-10-29-24/h2-4,6-8,10-13,16,31H,5,9,14H2,1H3,(H2,27,33)(H,32,35);2-6,8-10,12-14,18,30H,7,11,15H2,1H3,(H,31,33). The van der Waals surface area contributed by atoms with Gasteiger partial charge in [-0.25, -0.2) is 4.98 Å². The van der Waals surface area contributed by atoms with Gasteiger partial charge in [0.1, 0.15) is 0 Å². The molecule has 2 saturated heterocycles. The Morgan fingerprint density at radius 1 is 0.623 bits per heavy atom. The fourth-order valence-corrected chi connectivity index (χ4v) is 9.78. The molecule has 7 heterocycles. The number of anilines is 5. The number of carbonyl (C=O) groups excluding carboxylic acids is 2. The maximum Gasteiger partial charge on any atom is 0.253 e. The van der Waals surface area contributed by atoms with Gasteiger partial charge in [0.25, 0.3) is 11.8 Å². The van der Waals surface area contributed by atoms with Gasteiger partial charge in [-0.15, -0.1) is 0 Å². The summed E-state index contributed by atoms with van der Waals surface area (Å²) in [6.45, 7) is 3.68. The number of hydrogen-bond acceptors (Lipinski definition) is 15. The molecule has 6 N–H and O–H groups in total. The monoisotopic (exact) mass is 998 g/mol. The predicted molar refractivity (Wildman–Crippen MR) is 277 cm³/mol. The van der Waals surface area contributed by atoms with Crippen LogP contribution in [0.5, 0.6) is 0 Å². The molecule has 4 aromatic carbocycles. The molecular formula is C51H47BrN14O2S. The molecule has 18 heteroatoms. The minimum Gasteiger partial charge on any atom is -0.375 e. The number of amides is 2.